The maximum Gasteiger partial charge on any atom is 0.214 e. The van der Waals surface area contributed by atoms with E-state index in [4.69, 9.17) is 4.74 Å². The van der Waals surface area contributed by atoms with Gasteiger partial charge in [0, 0.05) is 23.5 Å². The number of para-hydroxylation sites is 1. The molecule has 21 heavy (non-hydrogen) atoms. The number of nitrogens with one attached hydrogen (secondary N) is 1. The highest BCUT2D eigenvalue weighted by Gasteiger charge is 2.12. The first-order valence-electron chi connectivity index (χ1n) is 7.69. The van der Waals surface area contributed by atoms with Crippen molar-refractivity contribution in [3.63, 3.8) is 0 Å². The lowest BCUT2D eigenvalue weighted by Crippen LogP contribution is -2.35. The molecule has 1 unspecified atom stereocenters. The molecule has 0 aliphatic carbocycles. The SMILES string of the molecule is CCC(C)Oc1cc(CNC(C)(C)C)c2ccccc2n1. The molecule has 1 aromatic carbocycles. The van der Waals surface area contributed by atoms with Crippen molar-refractivity contribution >= 4 is 10.9 Å². The second-order valence-electron chi connectivity index (χ2n) is 6.58. The Bertz CT molecular complexity index is 602. The zero-order chi connectivity index (χ0) is 15.5. The van der Waals surface area contributed by atoms with Crippen LogP contribution in [0.5, 0.6) is 5.88 Å². The van der Waals surface area contributed by atoms with E-state index in [9.17, 15) is 0 Å². The van der Waals surface area contributed by atoms with Crippen molar-refractivity contribution in [3.05, 3.63) is 35.9 Å². The highest BCUT2D eigenvalue weighted by Crippen LogP contribution is 2.23. The Labute approximate surface area is 127 Å². The lowest BCUT2D eigenvalue weighted by molar-refractivity contribution is 0.209. The van der Waals surface area contributed by atoms with E-state index < -0.39 is 0 Å². The van der Waals surface area contributed by atoms with Crippen LogP contribution in [-0.2, 0) is 6.54 Å². The molecule has 3 nitrogen and oxygen atoms in total. The molecule has 1 aromatic heterocycles. The normalized spacial score (nSPS) is 13.4. The third kappa shape index (κ3) is 4.43. The van der Waals surface area contributed by atoms with Gasteiger partial charge >= 0.3 is 0 Å². The van der Waals surface area contributed by atoms with E-state index in [1.807, 2.05) is 12.1 Å². The summed E-state index contributed by atoms with van der Waals surface area (Å²) in [6, 6.07) is 10.3. The Balaban J connectivity index is 2.35. The molecule has 0 fully saturated rings. The van der Waals surface area contributed by atoms with Gasteiger partial charge in [0.2, 0.25) is 5.88 Å². The predicted octanol–water partition coefficient (Wildman–Crippen LogP) is 4.30. The molecule has 3 heteroatoms. The summed E-state index contributed by atoms with van der Waals surface area (Å²) in [4.78, 5) is 4.62. The third-order valence-electron chi connectivity index (χ3n) is 3.48. The van der Waals surface area contributed by atoms with Gasteiger partial charge in [-0.3, -0.25) is 0 Å². The number of ether oxygens (including phenoxy) is 1. The molecular weight excluding hydrogens is 260 g/mol. The van der Waals surface area contributed by atoms with Crippen molar-refractivity contribution in [1.82, 2.24) is 10.3 Å². The van der Waals surface area contributed by atoms with Crippen molar-refractivity contribution in [2.24, 2.45) is 0 Å². The highest BCUT2D eigenvalue weighted by atomic mass is 16.5. The second kappa shape index (κ2) is 6.44. The molecule has 0 saturated carbocycles. The standard InChI is InChI=1S/C18H26N2O/c1-6-13(2)21-17-11-14(12-19-18(3,4)5)15-9-7-8-10-16(15)20-17/h7-11,13,19H,6,12H2,1-5H3. The molecule has 0 saturated heterocycles. The van der Waals surface area contributed by atoms with E-state index in [0.29, 0.717) is 5.88 Å². The van der Waals surface area contributed by atoms with E-state index in [2.05, 4.69) is 63.1 Å². The first-order chi connectivity index (χ1) is 9.89. The van der Waals surface area contributed by atoms with Crippen LogP contribution in [0.1, 0.15) is 46.6 Å². The second-order valence-corrected chi connectivity index (χ2v) is 6.58. The van der Waals surface area contributed by atoms with Crippen LogP contribution in [0.25, 0.3) is 10.9 Å². The Kier molecular flexibility index (Phi) is 4.84. The Morgan fingerprint density at radius 1 is 1.24 bits per heavy atom. The van der Waals surface area contributed by atoms with Crippen LogP contribution in [0.15, 0.2) is 30.3 Å². The molecule has 114 valence electrons. The van der Waals surface area contributed by atoms with Gasteiger partial charge in [0.1, 0.15) is 0 Å². The number of fused-ring (bicyclic) bond motifs is 1. The summed E-state index contributed by atoms with van der Waals surface area (Å²) < 4.78 is 5.91. The summed E-state index contributed by atoms with van der Waals surface area (Å²) in [5.41, 5.74) is 2.31. The van der Waals surface area contributed by atoms with E-state index in [1.165, 1.54) is 10.9 Å². The minimum atomic E-state index is 0.0854. The van der Waals surface area contributed by atoms with Crippen molar-refractivity contribution < 1.29 is 4.74 Å². The number of benzene rings is 1. The van der Waals surface area contributed by atoms with Crippen LogP contribution < -0.4 is 10.1 Å². The van der Waals surface area contributed by atoms with Crippen molar-refractivity contribution in [2.75, 3.05) is 0 Å². The number of hydrogen-bond acceptors (Lipinski definition) is 3. The molecule has 2 rings (SSSR count). The van der Waals surface area contributed by atoms with E-state index in [0.717, 1.165) is 18.5 Å². The van der Waals surface area contributed by atoms with Crippen LogP contribution in [0.2, 0.25) is 0 Å². The minimum absolute atomic E-state index is 0.0854. The summed E-state index contributed by atoms with van der Waals surface area (Å²) in [6.07, 6.45) is 1.16. The lowest BCUT2D eigenvalue weighted by atomic mass is 10.1. The maximum absolute atomic E-state index is 5.91. The summed E-state index contributed by atoms with van der Waals surface area (Å²) in [7, 11) is 0. The van der Waals surface area contributed by atoms with Gasteiger partial charge in [0.15, 0.2) is 0 Å². The average molecular weight is 286 g/mol. The van der Waals surface area contributed by atoms with E-state index in [1.54, 1.807) is 0 Å². The molecule has 1 atom stereocenters. The van der Waals surface area contributed by atoms with Gasteiger partial charge in [0.25, 0.3) is 0 Å². The molecule has 2 aromatic rings. The van der Waals surface area contributed by atoms with Gasteiger partial charge in [0.05, 0.1) is 11.6 Å². The molecule has 0 amide bonds. The molecular formula is C18H26N2O. The highest BCUT2D eigenvalue weighted by molar-refractivity contribution is 5.82. The van der Waals surface area contributed by atoms with Crippen LogP contribution in [0, 0.1) is 0 Å². The van der Waals surface area contributed by atoms with Gasteiger partial charge in [-0.2, -0.15) is 0 Å². The van der Waals surface area contributed by atoms with Crippen LogP contribution in [-0.4, -0.2) is 16.6 Å². The lowest BCUT2D eigenvalue weighted by Gasteiger charge is -2.21. The van der Waals surface area contributed by atoms with Crippen molar-refractivity contribution in [1.29, 1.82) is 0 Å². The number of aromatic nitrogens is 1. The Morgan fingerprint density at radius 2 is 1.95 bits per heavy atom. The largest absolute Gasteiger partial charge is 0.475 e. The van der Waals surface area contributed by atoms with E-state index in [-0.39, 0.29) is 11.6 Å². The van der Waals surface area contributed by atoms with E-state index >= 15 is 0 Å². The number of rotatable bonds is 5. The Morgan fingerprint density at radius 3 is 2.62 bits per heavy atom. The first-order valence-corrected chi connectivity index (χ1v) is 7.69. The van der Waals surface area contributed by atoms with Crippen molar-refractivity contribution in [3.8, 4) is 5.88 Å². The zero-order valence-corrected chi connectivity index (χ0v) is 13.7. The van der Waals surface area contributed by atoms with Gasteiger partial charge in [-0.05, 0) is 45.7 Å². The Hall–Kier alpha value is -1.61. The first kappa shape index (κ1) is 15.8. The maximum atomic E-state index is 5.91. The molecule has 0 aliphatic rings. The topological polar surface area (TPSA) is 34.1 Å². The molecule has 0 spiro atoms. The monoisotopic (exact) mass is 286 g/mol. The fourth-order valence-corrected chi connectivity index (χ4v) is 2.08. The summed E-state index contributed by atoms with van der Waals surface area (Å²) in [5.74, 6) is 0.716. The van der Waals surface area contributed by atoms with Gasteiger partial charge in [-0.25, -0.2) is 4.98 Å². The molecule has 1 N–H and O–H groups in total. The fraction of sp³-hybridized carbons (Fsp3) is 0.500. The van der Waals surface area contributed by atoms with Gasteiger partial charge < -0.3 is 10.1 Å². The predicted molar refractivity (Wildman–Crippen MR) is 88.7 cm³/mol. The zero-order valence-electron chi connectivity index (χ0n) is 13.7. The summed E-state index contributed by atoms with van der Waals surface area (Å²) in [5, 5.41) is 4.73. The van der Waals surface area contributed by atoms with Gasteiger partial charge in [-0.15, -0.1) is 0 Å². The average Bonchev–Trinajstić information content (AvgIpc) is 2.43. The smallest absolute Gasteiger partial charge is 0.214 e. The number of nitrogens with zero attached hydrogens (tertiary/aromatic N) is 1. The third-order valence-corrected chi connectivity index (χ3v) is 3.48. The van der Waals surface area contributed by atoms with Crippen LogP contribution in [0.4, 0.5) is 0 Å². The summed E-state index contributed by atoms with van der Waals surface area (Å²) in [6.45, 7) is 11.5. The quantitative estimate of drug-likeness (QED) is 0.889. The molecule has 1 heterocycles. The number of hydrogen-bond donors (Lipinski definition) is 1. The van der Waals surface area contributed by atoms with Crippen molar-refractivity contribution in [2.45, 2.75) is 59.2 Å². The fourth-order valence-electron chi connectivity index (χ4n) is 2.08. The van der Waals surface area contributed by atoms with Gasteiger partial charge in [-0.1, -0.05) is 25.1 Å². The summed E-state index contributed by atoms with van der Waals surface area (Å²) >= 11 is 0. The molecule has 0 aliphatic heterocycles. The minimum Gasteiger partial charge on any atom is -0.475 e. The van der Waals surface area contributed by atoms with Crippen LogP contribution in [0.3, 0.4) is 0 Å². The van der Waals surface area contributed by atoms with Crippen LogP contribution >= 0.6 is 0 Å². The molecule has 0 bridgehead atoms. The number of pyridine rings is 1. The molecule has 0 radical (unpaired) electrons.